The Bertz CT molecular complexity index is 700. The summed E-state index contributed by atoms with van der Waals surface area (Å²) in [5.74, 6) is 0.532. The van der Waals surface area contributed by atoms with Crippen LogP contribution in [-0.2, 0) is 4.79 Å². The van der Waals surface area contributed by atoms with Gasteiger partial charge in [0.1, 0.15) is 0 Å². The van der Waals surface area contributed by atoms with Crippen LogP contribution in [0, 0.1) is 5.92 Å². The Balaban J connectivity index is 0.00000121. The van der Waals surface area contributed by atoms with Crippen molar-refractivity contribution in [1.29, 1.82) is 0 Å². The highest BCUT2D eigenvalue weighted by molar-refractivity contribution is 7.22. The Morgan fingerprint density at radius 2 is 1.92 bits per heavy atom. The highest BCUT2D eigenvalue weighted by Crippen LogP contribution is 2.31. The molecule has 0 saturated carbocycles. The minimum absolute atomic E-state index is 0. The molecule has 144 valence electrons. The molecule has 8 heteroatoms. The molecule has 1 N–H and O–H groups in total. The van der Waals surface area contributed by atoms with Gasteiger partial charge in [0.05, 0.1) is 10.2 Å². The van der Waals surface area contributed by atoms with Crippen molar-refractivity contribution in [2.75, 3.05) is 37.6 Å². The van der Waals surface area contributed by atoms with Gasteiger partial charge in [-0.1, -0.05) is 23.5 Å². The Morgan fingerprint density at radius 1 is 1.19 bits per heavy atom. The van der Waals surface area contributed by atoms with Crippen molar-refractivity contribution in [2.45, 2.75) is 25.8 Å². The number of piperidine rings is 1. The van der Waals surface area contributed by atoms with Gasteiger partial charge in [0, 0.05) is 44.7 Å². The third-order valence-electron chi connectivity index (χ3n) is 5.18. The third-order valence-corrected chi connectivity index (χ3v) is 6.28. The summed E-state index contributed by atoms with van der Waals surface area (Å²) in [5.41, 5.74) is 1.07. The number of anilines is 1. The number of nitrogens with zero attached hydrogens (tertiary/aromatic N) is 3. The molecule has 2 aliphatic heterocycles. The molecular formula is C18H26Cl2N4OS. The summed E-state index contributed by atoms with van der Waals surface area (Å²) in [6, 6.07) is 8.60. The largest absolute Gasteiger partial charge is 0.348 e. The van der Waals surface area contributed by atoms with Crippen molar-refractivity contribution >= 4 is 57.4 Å². The first-order chi connectivity index (χ1) is 11.7. The number of fused-ring (bicyclic) bond motifs is 1. The molecule has 4 rings (SSSR count). The Labute approximate surface area is 171 Å². The first kappa shape index (κ1) is 21.2. The van der Waals surface area contributed by atoms with Gasteiger partial charge < -0.3 is 15.1 Å². The van der Waals surface area contributed by atoms with Crippen molar-refractivity contribution in [2.24, 2.45) is 5.92 Å². The molecule has 5 nitrogen and oxygen atoms in total. The van der Waals surface area contributed by atoms with E-state index in [1.165, 1.54) is 4.70 Å². The SMILES string of the molecule is C[C@H]1CNCCN1C(=O)C1CCN(c2nc3ccccc3s2)CC1.Cl.Cl. The number of para-hydroxylation sites is 1. The van der Waals surface area contributed by atoms with Gasteiger partial charge >= 0.3 is 0 Å². The summed E-state index contributed by atoms with van der Waals surface area (Å²) in [7, 11) is 0. The second kappa shape index (κ2) is 9.22. The number of hydrogen-bond acceptors (Lipinski definition) is 5. The van der Waals surface area contributed by atoms with E-state index < -0.39 is 0 Å². The second-order valence-corrected chi connectivity index (χ2v) is 7.82. The van der Waals surface area contributed by atoms with E-state index in [4.69, 9.17) is 4.98 Å². The molecule has 0 spiro atoms. The van der Waals surface area contributed by atoms with Gasteiger partial charge in [0.25, 0.3) is 0 Å². The van der Waals surface area contributed by atoms with Crippen LogP contribution in [0.2, 0.25) is 0 Å². The number of halogens is 2. The Hall–Kier alpha value is -1.08. The lowest BCUT2D eigenvalue weighted by atomic mass is 9.94. The van der Waals surface area contributed by atoms with Crippen molar-refractivity contribution < 1.29 is 4.79 Å². The molecule has 0 aliphatic carbocycles. The van der Waals surface area contributed by atoms with Gasteiger partial charge in [-0.25, -0.2) is 4.98 Å². The fraction of sp³-hybridized carbons (Fsp3) is 0.556. The highest BCUT2D eigenvalue weighted by atomic mass is 35.5. The molecule has 1 amide bonds. The van der Waals surface area contributed by atoms with Crippen LogP contribution >= 0.6 is 36.2 Å². The highest BCUT2D eigenvalue weighted by Gasteiger charge is 2.32. The van der Waals surface area contributed by atoms with Crippen LogP contribution in [0.4, 0.5) is 5.13 Å². The first-order valence-corrected chi connectivity index (χ1v) is 9.66. The van der Waals surface area contributed by atoms with E-state index in [2.05, 4.69) is 40.2 Å². The second-order valence-electron chi connectivity index (χ2n) is 6.81. The molecule has 1 atom stereocenters. The maximum Gasteiger partial charge on any atom is 0.226 e. The fourth-order valence-electron chi connectivity index (χ4n) is 3.72. The summed E-state index contributed by atoms with van der Waals surface area (Å²) in [5, 5.41) is 4.45. The molecule has 26 heavy (non-hydrogen) atoms. The monoisotopic (exact) mass is 416 g/mol. The molecule has 2 aromatic rings. The van der Waals surface area contributed by atoms with Crippen LogP contribution in [0.1, 0.15) is 19.8 Å². The zero-order chi connectivity index (χ0) is 16.5. The molecular weight excluding hydrogens is 391 g/mol. The lowest BCUT2D eigenvalue weighted by molar-refractivity contribution is -0.139. The van der Waals surface area contributed by atoms with Crippen LogP contribution in [0.15, 0.2) is 24.3 Å². The van der Waals surface area contributed by atoms with E-state index in [9.17, 15) is 4.79 Å². The van der Waals surface area contributed by atoms with Crippen LogP contribution in [0.25, 0.3) is 10.2 Å². The van der Waals surface area contributed by atoms with Crippen molar-refractivity contribution in [3.63, 3.8) is 0 Å². The van der Waals surface area contributed by atoms with Crippen LogP contribution < -0.4 is 10.2 Å². The molecule has 2 saturated heterocycles. The molecule has 3 heterocycles. The molecule has 0 bridgehead atoms. The average molecular weight is 417 g/mol. The van der Waals surface area contributed by atoms with Crippen LogP contribution in [0.3, 0.4) is 0 Å². The topological polar surface area (TPSA) is 48.5 Å². The normalized spacial score (nSPS) is 21.2. The predicted molar refractivity (Wildman–Crippen MR) is 113 cm³/mol. The average Bonchev–Trinajstić information content (AvgIpc) is 3.06. The number of piperazine rings is 1. The number of hydrogen-bond donors (Lipinski definition) is 1. The Kier molecular flexibility index (Phi) is 7.52. The van der Waals surface area contributed by atoms with E-state index >= 15 is 0 Å². The molecule has 0 unspecified atom stereocenters. The van der Waals surface area contributed by atoms with Gasteiger partial charge in [-0.2, -0.15) is 0 Å². The molecule has 1 aromatic carbocycles. The molecule has 2 fully saturated rings. The van der Waals surface area contributed by atoms with Crippen LogP contribution in [-0.4, -0.2) is 54.6 Å². The van der Waals surface area contributed by atoms with Gasteiger partial charge in [-0.05, 0) is 31.9 Å². The van der Waals surface area contributed by atoms with Gasteiger partial charge in [-0.15, -0.1) is 24.8 Å². The zero-order valence-electron chi connectivity index (χ0n) is 14.9. The standard InChI is InChI=1S/C18H24N4OS.2ClH/c1-13-12-19-8-11-22(13)17(23)14-6-9-21(10-7-14)18-20-15-4-2-3-5-16(15)24-18;;/h2-5,13-14,19H,6-12H2,1H3;2*1H/t13-;;/m0../s1. The number of carbonyl (C=O) groups is 1. The quantitative estimate of drug-likeness (QED) is 0.816. The minimum Gasteiger partial charge on any atom is -0.348 e. The number of amides is 1. The van der Waals surface area contributed by atoms with E-state index in [1.807, 2.05) is 6.07 Å². The Morgan fingerprint density at radius 3 is 2.62 bits per heavy atom. The summed E-state index contributed by atoms with van der Waals surface area (Å²) in [6.07, 6.45) is 1.87. The number of benzene rings is 1. The van der Waals surface area contributed by atoms with Gasteiger partial charge in [-0.3, -0.25) is 4.79 Å². The minimum atomic E-state index is 0. The summed E-state index contributed by atoms with van der Waals surface area (Å²) in [6.45, 7) is 6.67. The van der Waals surface area contributed by atoms with Crippen LogP contribution in [0.5, 0.6) is 0 Å². The fourth-order valence-corrected chi connectivity index (χ4v) is 4.73. The first-order valence-electron chi connectivity index (χ1n) is 8.84. The summed E-state index contributed by atoms with van der Waals surface area (Å²) in [4.78, 5) is 22.0. The lowest BCUT2D eigenvalue weighted by Gasteiger charge is -2.39. The molecule has 2 aliphatic rings. The maximum atomic E-state index is 12.8. The molecule has 1 aromatic heterocycles. The predicted octanol–water partition coefficient (Wildman–Crippen LogP) is 3.18. The van der Waals surface area contributed by atoms with Crippen molar-refractivity contribution in [3.05, 3.63) is 24.3 Å². The summed E-state index contributed by atoms with van der Waals surface area (Å²) < 4.78 is 1.24. The van der Waals surface area contributed by atoms with E-state index in [-0.39, 0.29) is 30.7 Å². The summed E-state index contributed by atoms with van der Waals surface area (Å²) >= 11 is 1.75. The number of rotatable bonds is 2. The van der Waals surface area contributed by atoms with E-state index in [0.717, 1.165) is 56.2 Å². The zero-order valence-corrected chi connectivity index (χ0v) is 17.3. The number of aromatic nitrogens is 1. The smallest absolute Gasteiger partial charge is 0.226 e. The van der Waals surface area contributed by atoms with Gasteiger partial charge in [0.2, 0.25) is 5.91 Å². The maximum absolute atomic E-state index is 12.8. The van der Waals surface area contributed by atoms with E-state index in [1.54, 1.807) is 11.3 Å². The van der Waals surface area contributed by atoms with Crippen molar-refractivity contribution in [3.8, 4) is 0 Å². The van der Waals surface area contributed by atoms with E-state index in [0.29, 0.717) is 11.9 Å². The lowest BCUT2D eigenvalue weighted by Crippen LogP contribution is -2.54. The van der Waals surface area contributed by atoms with Gasteiger partial charge in [0.15, 0.2) is 5.13 Å². The van der Waals surface area contributed by atoms with Crippen molar-refractivity contribution in [1.82, 2.24) is 15.2 Å². The third kappa shape index (κ3) is 4.25. The number of thiazole rings is 1. The number of nitrogens with one attached hydrogen (secondary N) is 1. The molecule has 0 radical (unpaired) electrons. The number of carbonyl (C=O) groups excluding carboxylic acids is 1.